The minimum atomic E-state index is -0.148. The van der Waals surface area contributed by atoms with E-state index in [0.717, 1.165) is 11.0 Å². The number of hydrogen-bond donors (Lipinski definition) is 3. The Hall–Kier alpha value is -2.83. The summed E-state index contributed by atoms with van der Waals surface area (Å²) in [6.07, 6.45) is 1.60. The van der Waals surface area contributed by atoms with Gasteiger partial charge in [0.25, 0.3) is 0 Å². The van der Waals surface area contributed by atoms with Gasteiger partial charge < -0.3 is 15.2 Å². The molecular weight excluding hydrogens is 304 g/mol. The van der Waals surface area contributed by atoms with E-state index in [1.165, 1.54) is 11.1 Å². The van der Waals surface area contributed by atoms with Gasteiger partial charge in [-0.25, -0.2) is 9.78 Å². The minimum absolute atomic E-state index is 0.148. The van der Waals surface area contributed by atoms with Crippen LogP contribution in [-0.2, 0) is 0 Å². The summed E-state index contributed by atoms with van der Waals surface area (Å²) in [5, 5.41) is 9.86. The Morgan fingerprint density at radius 2 is 1.92 bits per heavy atom. The molecule has 3 N–H and O–H groups in total. The van der Waals surface area contributed by atoms with Gasteiger partial charge in [0.15, 0.2) is 5.82 Å². The molecule has 0 atom stereocenters. The summed E-state index contributed by atoms with van der Waals surface area (Å²) >= 11 is 0. The second-order valence-electron chi connectivity index (χ2n) is 5.80. The molecular formula is C17H22N6O. The van der Waals surface area contributed by atoms with Crippen LogP contribution in [0.5, 0.6) is 0 Å². The van der Waals surface area contributed by atoms with Crippen LogP contribution in [0.3, 0.4) is 0 Å². The molecule has 0 spiro atoms. The van der Waals surface area contributed by atoms with Crippen LogP contribution in [0.1, 0.15) is 25.0 Å². The van der Waals surface area contributed by atoms with E-state index in [1.54, 1.807) is 11.1 Å². The van der Waals surface area contributed by atoms with Crippen LogP contribution in [-0.4, -0.2) is 44.2 Å². The number of aromatic nitrogens is 4. The quantitative estimate of drug-likeness (QED) is 0.686. The number of fused-ring (bicyclic) bond motifs is 1. The predicted octanol–water partition coefficient (Wildman–Crippen LogP) is 3.44. The van der Waals surface area contributed by atoms with E-state index in [0.29, 0.717) is 30.3 Å². The summed E-state index contributed by atoms with van der Waals surface area (Å²) in [4.78, 5) is 21.9. The van der Waals surface area contributed by atoms with Gasteiger partial charge in [-0.05, 0) is 51.0 Å². The summed E-state index contributed by atoms with van der Waals surface area (Å²) in [6, 6.07) is 3.98. The van der Waals surface area contributed by atoms with Gasteiger partial charge in [0.1, 0.15) is 5.69 Å². The number of carbonyl (C=O) groups is 1. The standard InChI is InChI=1S/C17H22N6O/c1-5-23(6-2)17(24)21-14-9-18-22-15(14)16-19-12-7-10(3)11(4)8-13(12)20-16/h7-9H,5-6H2,1-4H3,(H,18,22)(H,19,20)(H,21,24). The van der Waals surface area contributed by atoms with Crippen molar-refractivity contribution >= 4 is 22.8 Å². The largest absolute Gasteiger partial charge is 0.337 e. The average molecular weight is 326 g/mol. The van der Waals surface area contributed by atoms with Gasteiger partial charge in [0.05, 0.1) is 22.9 Å². The summed E-state index contributed by atoms with van der Waals surface area (Å²) in [7, 11) is 0. The lowest BCUT2D eigenvalue weighted by molar-refractivity contribution is 0.217. The Balaban J connectivity index is 1.94. The third-order valence-electron chi connectivity index (χ3n) is 4.27. The zero-order chi connectivity index (χ0) is 17.3. The average Bonchev–Trinajstić information content (AvgIpc) is 3.15. The van der Waals surface area contributed by atoms with Crippen molar-refractivity contribution in [1.29, 1.82) is 0 Å². The molecule has 0 unspecified atom stereocenters. The third-order valence-corrected chi connectivity index (χ3v) is 4.27. The van der Waals surface area contributed by atoms with Crippen molar-refractivity contribution in [3.05, 3.63) is 29.5 Å². The maximum absolute atomic E-state index is 12.3. The molecule has 24 heavy (non-hydrogen) atoms. The molecule has 0 saturated carbocycles. The highest BCUT2D eigenvalue weighted by Gasteiger charge is 2.17. The van der Waals surface area contributed by atoms with Gasteiger partial charge in [-0.2, -0.15) is 5.10 Å². The van der Waals surface area contributed by atoms with Crippen LogP contribution in [0, 0.1) is 13.8 Å². The summed E-state index contributed by atoms with van der Waals surface area (Å²) in [5.74, 6) is 0.655. The van der Waals surface area contributed by atoms with Gasteiger partial charge in [-0.1, -0.05) is 0 Å². The molecule has 0 fully saturated rings. The number of H-pyrrole nitrogens is 2. The number of aryl methyl sites for hydroxylation is 2. The number of rotatable bonds is 4. The smallest absolute Gasteiger partial charge is 0.321 e. The first kappa shape index (κ1) is 16.0. The molecule has 0 aliphatic heterocycles. The van der Waals surface area contributed by atoms with Gasteiger partial charge in [0, 0.05) is 13.1 Å². The molecule has 0 saturated heterocycles. The van der Waals surface area contributed by atoms with Crippen molar-refractivity contribution < 1.29 is 4.79 Å². The number of anilines is 1. The maximum Gasteiger partial charge on any atom is 0.321 e. The number of carbonyl (C=O) groups excluding carboxylic acids is 1. The number of hydrogen-bond acceptors (Lipinski definition) is 3. The number of nitrogens with one attached hydrogen (secondary N) is 3. The van der Waals surface area contributed by atoms with Crippen molar-refractivity contribution in [2.75, 3.05) is 18.4 Å². The molecule has 7 nitrogen and oxygen atoms in total. The van der Waals surface area contributed by atoms with Crippen molar-refractivity contribution in [3.8, 4) is 11.5 Å². The lowest BCUT2D eigenvalue weighted by Crippen LogP contribution is -2.34. The molecule has 0 radical (unpaired) electrons. The van der Waals surface area contributed by atoms with E-state index in [1.807, 2.05) is 13.8 Å². The fourth-order valence-electron chi connectivity index (χ4n) is 2.65. The Bertz CT molecular complexity index is 835. The molecule has 2 amide bonds. The Morgan fingerprint density at radius 1 is 1.21 bits per heavy atom. The number of amides is 2. The molecule has 0 aliphatic carbocycles. The van der Waals surface area contributed by atoms with E-state index in [9.17, 15) is 4.79 Å². The zero-order valence-corrected chi connectivity index (χ0v) is 14.4. The van der Waals surface area contributed by atoms with E-state index in [4.69, 9.17) is 0 Å². The molecule has 126 valence electrons. The number of imidazole rings is 1. The summed E-state index contributed by atoms with van der Waals surface area (Å²) < 4.78 is 0. The topological polar surface area (TPSA) is 89.7 Å². The van der Waals surface area contributed by atoms with Gasteiger partial charge in [0.2, 0.25) is 0 Å². The van der Waals surface area contributed by atoms with E-state index in [-0.39, 0.29) is 6.03 Å². The Morgan fingerprint density at radius 3 is 2.62 bits per heavy atom. The number of aromatic amines is 2. The minimum Gasteiger partial charge on any atom is -0.337 e. The van der Waals surface area contributed by atoms with Crippen LogP contribution in [0.15, 0.2) is 18.3 Å². The molecule has 0 aliphatic rings. The first-order chi connectivity index (χ1) is 11.5. The van der Waals surface area contributed by atoms with Crippen molar-refractivity contribution in [2.45, 2.75) is 27.7 Å². The van der Waals surface area contributed by atoms with E-state index in [2.05, 4.69) is 51.5 Å². The van der Waals surface area contributed by atoms with Gasteiger partial charge in [-0.15, -0.1) is 0 Å². The van der Waals surface area contributed by atoms with Crippen molar-refractivity contribution in [2.24, 2.45) is 0 Å². The third kappa shape index (κ3) is 2.84. The van der Waals surface area contributed by atoms with E-state index >= 15 is 0 Å². The molecule has 2 heterocycles. The van der Waals surface area contributed by atoms with Crippen LogP contribution in [0.2, 0.25) is 0 Å². The highest BCUT2D eigenvalue weighted by atomic mass is 16.2. The van der Waals surface area contributed by atoms with Gasteiger partial charge >= 0.3 is 6.03 Å². The molecule has 0 bridgehead atoms. The number of benzene rings is 1. The van der Waals surface area contributed by atoms with Gasteiger partial charge in [-0.3, -0.25) is 5.10 Å². The normalized spacial score (nSPS) is 11.0. The molecule has 3 aromatic rings. The van der Waals surface area contributed by atoms with Crippen molar-refractivity contribution in [1.82, 2.24) is 25.1 Å². The summed E-state index contributed by atoms with van der Waals surface area (Å²) in [5.41, 5.74) is 5.53. The Kier molecular flexibility index (Phi) is 4.24. The SMILES string of the molecule is CCN(CC)C(=O)Nc1cn[nH]c1-c1nc2cc(C)c(C)cc2[nH]1. The van der Waals surface area contributed by atoms with Crippen LogP contribution in [0.4, 0.5) is 10.5 Å². The lowest BCUT2D eigenvalue weighted by atomic mass is 10.1. The molecule has 7 heteroatoms. The second kappa shape index (κ2) is 6.35. The molecule has 1 aromatic carbocycles. The fourth-order valence-corrected chi connectivity index (χ4v) is 2.65. The van der Waals surface area contributed by atoms with Crippen LogP contribution < -0.4 is 5.32 Å². The predicted molar refractivity (Wildman–Crippen MR) is 95.1 cm³/mol. The highest BCUT2D eigenvalue weighted by molar-refractivity contribution is 5.93. The van der Waals surface area contributed by atoms with E-state index < -0.39 is 0 Å². The fraction of sp³-hybridized carbons (Fsp3) is 0.353. The monoisotopic (exact) mass is 326 g/mol. The van der Waals surface area contributed by atoms with Crippen LogP contribution >= 0.6 is 0 Å². The van der Waals surface area contributed by atoms with Crippen molar-refractivity contribution in [3.63, 3.8) is 0 Å². The molecule has 2 aromatic heterocycles. The highest BCUT2D eigenvalue weighted by Crippen LogP contribution is 2.26. The van der Waals surface area contributed by atoms with Crippen LogP contribution in [0.25, 0.3) is 22.6 Å². The number of nitrogens with zero attached hydrogens (tertiary/aromatic N) is 3. The molecule has 3 rings (SSSR count). The Labute approximate surface area is 140 Å². The first-order valence-electron chi connectivity index (χ1n) is 8.10. The zero-order valence-electron chi connectivity index (χ0n) is 14.4. The first-order valence-corrected chi connectivity index (χ1v) is 8.10. The summed E-state index contributed by atoms with van der Waals surface area (Å²) in [6.45, 7) is 9.33. The second-order valence-corrected chi connectivity index (χ2v) is 5.80. The number of urea groups is 1. The maximum atomic E-state index is 12.3. The lowest BCUT2D eigenvalue weighted by Gasteiger charge is -2.18.